The van der Waals surface area contributed by atoms with Crippen molar-refractivity contribution in [2.45, 2.75) is 27.2 Å². The summed E-state index contributed by atoms with van der Waals surface area (Å²) in [5.41, 5.74) is 7.33. The average Bonchev–Trinajstić information content (AvgIpc) is 2.68. The molecular formula is C24H24O2. The molecule has 132 valence electrons. The standard InChI is InChI=1S/C24H24O2/c1-4-18-8-12-20(13-9-18)22-14-21(19-10-6-17(3)7-11-19)15-23(16-22)24(25)26-5-2/h6-16H,4-5H2,1-3H3. The van der Waals surface area contributed by atoms with Crippen LogP contribution in [-0.4, -0.2) is 12.6 Å². The normalized spacial score (nSPS) is 10.6. The van der Waals surface area contributed by atoms with Gasteiger partial charge in [-0.1, -0.05) is 61.0 Å². The van der Waals surface area contributed by atoms with E-state index >= 15 is 0 Å². The SMILES string of the molecule is CCOC(=O)c1cc(-c2ccc(C)cc2)cc(-c2ccc(CC)cc2)c1. The minimum Gasteiger partial charge on any atom is -0.462 e. The summed E-state index contributed by atoms with van der Waals surface area (Å²) in [6.07, 6.45) is 1.01. The van der Waals surface area contributed by atoms with E-state index in [0.29, 0.717) is 12.2 Å². The molecule has 0 unspecified atom stereocenters. The summed E-state index contributed by atoms with van der Waals surface area (Å²) in [4.78, 5) is 12.3. The molecule has 2 nitrogen and oxygen atoms in total. The molecule has 0 saturated heterocycles. The Kier molecular flexibility index (Phi) is 5.52. The number of rotatable bonds is 5. The van der Waals surface area contributed by atoms with Gasteiger partial charge in [0.25, 0.3) is 0 Å². The van der Waals surface area contributed by atoms with Crippen LogP contribution in [0.3, 0.4) is 0 Å². The lowest BCUT2D eigenvalue weighted by molar-refractivity contribution is 0.0526. The zero-order valence-corrected chi connectivity index (χ0v) is 15.6. The van der Waals surface area contributed by atoms with Crippen molar-refractivity contribution >= 4 is 5.97 Å². The summed E-state index contributed by atoms with van der Waals surface area (Å²) < 4.78 is 5.23. The highest BCUT2D eigenvalue weighted by Crippen LogP contribution is 2.29. The highest BCUT2D eigenvalue weighted by Gasteiger charge is 2.12. The van der Waals surface area contributed by atoms with Crippen molar-refractivity contribution in [1.82, 2.24) is 0 Å². The molecule has 0 heterocycles. The van der Waals surface area contributed by atoms with Crippen LogP contribution in [0.25, 0.3) is 22.3 Å². The van der Waals surface area contributed by atoms with Crippen LogP contribution >= 0.6 is 0 Å². The molecule has 0 amide bonds. The number of hydrogen-bond donors (Lipinski definition) is 0. The lowest BCUT2D eigenvalue weighted by Crippen LogP contribution is -2.05. The van der Waals surface area contributed by atoms with E-state index in [-0.39, 0.29) is 5.97 Å². The van der Waals surface area contributed by atoms with Crippen LogP contribution in [0.4, 0.5) is 0 Å². The van der Waals surface area contributed by atoms with Gasteiger partial charge >= 0.3 is 5.97 Å². The Morgan fingerprint density at radius 2 is 1.31 bits per heavy atom. The number of esters is 1. The summed E-state index contributed by atoms with van der Waals surface area (Å²) in [6.45, 7) is 6.41. The molecule has 0 aliphatic heterocycles. The Bertz CT molecular complexity index is 890. The number of carbonyl (C=O) groups excluding carboxylic acids is 1. The Morgan fingerprint density at radius 1 is 0.769 bits per heavy atom. The monoisotopic (exact) mass is 344 g/mol. The smallest absolute Gasteiger partial charge is 0.338 e. The van der Waals surface area contributed by atoms with Crippen LogP contribution < -0.4 is 0 Å². The van der Waals surface area contributed by atoms with Gasteiger partial charge in [-0.2, -0.15) is 0 Å². The second kappa shape index (κ2) is 8.01. The predicted molar refractivity (Wildman–Crippen MR) is 107 cm³/mol. The van der Waals surface area contributed by atoms with E-state index in [9.17, 15) is 4.79 Å². The van der Waals surface area contributed by atoms with Crippen molar-refractivity contribution in [2.75, 3.05) is 6.61 Å². The fraction of sp³-hybridized carbons (Fsp3) is 0.208. The topological polar surface area (TPSA) is 26.3 Å². The van der Waals surface area contributed by atoms with E-state index in [1.165, 1.54) is 11.1 Å². The fourth-order valence-corrected chi connectivity index (χ4v) is 2.97. The maximum absolute atomic E-state index is 12.3. The molecule has 0 spiro atoms. The summed E-state index contributed by atoms with van der Waals surface area (Å²) in [5.74, 6) is -0.284. The first kappa shape index (κ1) is 17.9. The second-order valence-corrected chi connectivity index (χ2v) is 6.44. The molecule has 0 saturated carbocycles. The van der Waals surface area contributed by atoms with Gasteiger partial charge in [-0.05, 0) is 66.3 Å². The molecule has 0 aliphatic rings. The highest BCUT2D eigenvalue weighted by atomic mass is 16.5. The summed E-state index contributed by atoms with van der Waals surface area (Å²) in [7, 11) is 0. The third-order valence-corrected chi connectivity index (χ3v) is 4.52. The van der Waals surface area contributed by atoms with Crippen LogP contribution in [-0.2, 0) is 11.2 Å². The lowest BCUT2D eigenvalue weighted by Gasteiger charge is -2.11. The zero-order chi connectivity index (χ0) is 18.5. The first-order chi connectivity index (χ1) is 12.6. The van der Waals surface area contributed by atoms with Gasteiger partial charge in [0, 0.05) is 0 Å². The molecule has 0 atom stereocenters. The Morgan fingerprint density at radius 3 is 1.81 bits per heavy atom. The third kappa shape index (κ3) is 4.02. The Hall–Kier alpha value is -2.87. The van der Waals surface area contributed by atoms with Crippen molar-refractivity contribution in [2.24, 2.45) is 0 Å². The van der Waals surface area contributed by atoms with Crippen LogP contribution in [0.2, 0.25) is 0 Å². The molecule has 0 radical (unpaired) electrons. The molecule has 3 aromatic rings. The number of carbonyl (C=O) groups is 1. The van der Waals surface area contributed by atoms with Gasteiger partial charge in [0.2, 0.25) is 0 Å². The van der Waals surface area contributed by atoms with E-state index < -0.39 is 0 Å². The summed E-state index contributed by atoms with van der Waals surface area (Å²) >= 11 is 0. The van der Waals surface area contributed by atoms with E-state index in [4.69, 9.17) is 4.74 Å². The van der Waals surface area contributed by atoms with Gasteiger partial charge in [0.15, 0.2) is 0 Å². The molecule has 2 heteroatoms. The van der Waals surface area contributed by atoms with E-state index in [1.54, 1.807) is 0 Å². The van der Waals surface area contributed by atoms with E-state index in [0.717, 1.165) is 28.7 Å². The molecule has 3 aromatic carbocycles. The first-order valence-electron chi connectivity index (χ1n) is 9.09. The lowest BCUT2D eigenvalue weighted by atomic mass is 9.95. The Labute approximate surface area is 155 Å². The number of aryl methyl sites for hydroxylation is 2. The maximum atomic E-state index is 12.3. The molecule has 0 fully saturated rings. The average molecular weight is 344 g/mol. The van der Waals surface area contributed by atoms with Gasteiger partial charge in [-0.15, -0.1) is 0 Å². The molecule has 0 aromatic heterocycles. The van der Waals surface area contributed by atoms with Gasteiger partial charge in [-0.25, -0.2) is 4.79 Å². The third-order valence-electron chi connectivity index (χ3n) is 4.52. The number of benzene rings is 3. The van der Waals surface area contributed by atoms with Crippen molar-refractivity contribution in [3.8, 4) is 22.3 Å². The van der Waals surface area contributed by atoms with Gasteiger partial charge in [0.1, 0.15) is 0 Å². The molecule has 0 N–H and O–H groups in total. The summed E-state index contributed by atoms with van der Waals surface area (Å²) in [5, 5.41) is 0. The first-order valence-corrected chi connectivity index (χ1v) is 9.09. The van der Waals surface area contributed by atoms with E-state index in [2.05, 4.69) is 68.4 Å². The van der Waals surface area contributed by atoms with Crippen molar-refractivity contribution in [3.63, 3.8) is 0 Å². The maximum Gasteiger partial charge on any atom is 0.338 e. The minimum atomic E-state index is -0.284. The quantitative estimate of drug-likeness (QED) is 0.525. The molecular weight excluding hydrogens is 320 g/mol. The fourth-order valence-electron chi connectivity index (χ4n) is 2.97. The second-order valence-electron chi connectivity index (χ2n) is 6.44. The summed E-state index contributed by atoms with van der Waals surface area (Å²) in [6, 6.07) is 22.8. The van der Waals surface area contributed by atoms with Gasteiger partial charge in [0.05, 0.1) is 12.2 Å². The highest BCUT2D eigenvalue weighted by molar-refractivity contribution is 5.93. The largest absolute Gasteiger partial charge is 0.462 e. The van der Waals surface area contributed by atoms with Crippen LogP contribution in [0, 0.1) is 6.92 Å². The molecule has 3 rings (SSSR count). The van der Waals surface area contributed by atoms with Crippen molar-refractivity contribution in [1.29, 1.82) is 0 Å². The number of hydrogen-bond acceptors (Lipinski definition) is 2. The zero-order valence-electron chi connectivity index (χ0n) is 15.6. The predicted octanol–water partition coefficient (Wildman–Crippen LogP) is 6.07. The molecule has 0 aliphatic carbocycles. The van der Waals surface area contributed by atoms with Gasteiger partial charge in [-0.3, -0.25) is 0 Å². The molecule has 0 bridgehead atoms. The Balaban J connectivity index is 2.10. The van der Waals surface area contributed by atoms with Crippen molar-refractivity contribution < 1.29 is 9.53 Å². The van der Waals surface area contributed by atoms with Crippen LogP contribution in [0.5, 0.6) is 0 Å². The molecule has 26 heavy (non-hydrogen) atoms. The van der Waals surface area contributed by atoms with Crippen molar-refractivity contribution in [3.05, 3.63) is 83.4 Å². The minimum absolute atomic E-state index is 0.284. The van der Waals surface area contributed by atoms with Crippen LogP contribution in [0.15, 0.2) is 66.7 Å². The van der Waals surface area contributed by atoms with Crippen LogP contribution in [0.1, 0.15) is 35.3 Å². The van der Waals surface area contributed by atoms with Gasteiger partial charge < -0.3 is 4.74 Å². The van der Waals surface area contributed by atoms with E-state index in [1.807, 2.05) is 19.1 Å². The number of ether oxygens (including phenoxy) is 1.